The van der Waals surface area contributed by atoms with Gasteiger partial charge in [0.2, 0.25) is 5.91 Å². The van der Waals surface area contributed by atoms with Gasteiger partial charge in [-0.05, 0) is 20.3 Å². The molecule has 0 aromatic carbocycles. The number of ether oxygens (including phenoxy) is 1. The van der Waals surface area contributed by atoms with E-state index in [1.54, 1.807) is 4.90 Å². The Morgan fingerprint density at radius 2 is 2.17 bits per heavy atom. The van der Waals surface area contributed by atoms with Gasteiger partial charge in [0.1, 0.15) is 6.04 Å². The highest BCUT2D eigenvalue weighted by Crippen LogP contribution is 2.17. The molecule has 6 heteroatoms. The molecule has 6 nitrogen and oxygen atoms in total. The molecule has 0 aromatic rings. The van der Waals surface area contributed by atoms with E-state index < -0.39 is 12.1 Å². The Morgan fingerprint density at radius 1 is 1.50 bits per heavy atom. The molecule has 0 saturated carbocycles. The summed E-state index contributed by atoms with van der Waals surface area (Å²) >= 11 is 0. The third-order valence-electron chi connectivity index (χ3n) is 2.93. The molecular weight excluding hydrogens is 234 g/mol. The first-order chi connectivity index (χ1) is 8.35. The van der Waals surface area contributed by atoms with Crippen molar-refractivity contribution in [1.29, 1.82) is 0 Å². The highest BCUT2D eigenvalue weighted by Gasteiger charge is 2.33. The van der Waals surface area contributed by atoms with Gasteiger partial charge in [0.05, 0.1) is 12.2 Å². The maximum atomic E-state index is 12.3. The van der Waals surface area contributed by atoms with Crippen LogP contribution < -0.4 is 11.1 Å². The average Bonchev–Trinajstić information content (AvgIpc) is 2.25. The Bertz CT molecular complexity index is 318. The van der Waals surface area contributed by atoms with Gasteiger partial charge in [0, 0.05) is 13.1 Å². The molecule has 104 valence electrons. The Labute approximate surface area is 108 Å². The van der Waals surface area contributed by atoms with E-state index >= 15 is 0 Å². The minimum atomic E-state index is -0.658. The fourth-order valence-electron chi connectivity index (χ4n) is 2.14. The predicted octanol–water partition coefficient (Wildman–Crippen LogP) is 0.461. The summed E-state index contributed by atoms with van der Waals surface area (Å²) in [5, 5.41) is 2.51. The second-order valence-electron chi connectivity index (χ2n) is 5.22. The van der Waals surface area contributed by atoms with Crippen molar-refractivity contribution in [3.8, 4) is 0 Å². The van der Waals surface area contributed by atoms with Crippen LogP contribution in [-0.4, -0.2) is 48.2 Å². The first-order valence-electron chi connectivity index (χ1n) is 6.34. The van der Waals surface area contributed by atoms with Crippen LogP contribution in [0.25, 0.3) is 0 Å². The third kappa shape index (κ3) is 4.18. The van der Waals surface area contributed by atoms with Crippen molar-refractivity contribution in [3.05, 3.63) is 0 Å². The number of morpholine rings is 1. The van der Waals surface area contributed by atoms with Crippen LogP contribution in [0.5, 0.6) is 0 Å². The van der Waals surface area contributed by atoms with Gasteiger partial charge in [-0.3, -0.25) is 4.79 Å². The van der Waals surface area contributed by atoms with Crippen LogP contribution in [0.15, 0.2) is 0 Å². The van der Waals surface area contributed by atoms with Crippen molar-refractivity contribution >= 4 is 11.9 Å². The summed E-state index contributed by atoms with van der Waals surface area (Å²) < 4.78 is 5.56. The van der Waals surface area contributed by atoms with Gasteiger partial charge in [-0.25, -0.2) is 4.79 Å². The zero-order valence-electron chi connectivity index (χ0n) is 11.4. The first kappa shape index (κ1) is 14.8. The molecule has 1 atom stereocenters. The number of carbonyl (C=O) groups excluding carboxylic acids is 2. The van der Waals surface area contributed by atoms with Gasteiger partial charge >= 0.3 is 6.03 Å². The van der Waals surface area contributed by atoms with Crippen molar-refractivity contribution in [2.75, 3.05) is 19.7 Å². The molecule has 1 saturated heterocycles. The molecule has 0 radical (unpaired) electrons. The van der Waals surface area contributed by atoms with Crippen LogP contribution in [-0.2, 0) is 9.53 Å². The summed E-state index contributed by atoms with van der Waals surface area (Å²) in [6, 6.07) is -1.18. The maximum absolute atomic E-state index is 12.3. The molecule has 1 heterocycles. The number of nitrogens with zero attached hydrogens (tertiary/aromatic N) is 1. The molecule has 1 rings (SSSR count). The van der Waals surface area contributed by atoms with E-state index in [2.05, 4.69) is 5.32 Å². The zero-order valence-corrected chi connectivity index (χ0v) is 11.4. The van der Waals surface area contributed by atoms with Crippen molar-refractivity contribution < 1.29 is 14.3 Å². The summed E-state index contributed by atoms with van der Waals surface area (Å²) in [4.78, 5) is 25.0. The van der Waals surface area contributed by atoms with E-state index in [-0.39, 0.29) is 11.5 Å². The lowest BCUT2D eigenvalue weighted by Gasteiger charge is -2.39. The lowest BCUT2D eigenvalue weighted by molar-refractivity contribution is -0.148. The lowest BCUT2D eigenvalue weighted by Crippen LogP contribution is -2.56. The molecule has 0 unspecified atom stereocenters. The summed E-state index contributed by atoms with van der Waals surface area (Å²) in [7, 11) is 0. The highest BCUT2D eigenvalue weighted by atomic mass is 16.5. The molecular formula is C12H23N3O3. The van der Waals surface area contributed by atoms with Gasteiger partial charge in [-0.15, -0.1) is 0 Å². The van der Waals surface area contributed by atoms with E-state index in [1.165, 1.54) is 0 Å². The van der Waals surface area contributed by atoms with Gasteiger partial charge < -0.3 is 20.7 Å². The molecule has 1 fully saturated rings. The number of nitrogens with one attached hydrogen (secondary N) is 1. The second kappa shape index (κ2) is 6.04. The van der Waals surface area contributed by atoms with Gasteiger partial charge in [0.25, 0.3) is 0 Å². The Kier molecular flexibility index (Phi) is 4.95. The molecule has 1 aliphatic heterocycles. The quantitative estimate of drug-likeness (QED) is 0.767. The Balaban J connectivity index is 2.66. The van der Waals surface area contributed by atoms with E-state index in [4.69, 9.17) is 10.5 Å². The normalized spacial score (nSPS) is 20.3. The van der Waals surface area contributed by atoms with Gasteiger partial charge in [-0.2, -0.15) is 0 Å². The fourth-order valence-corrected chi connectivity index (χ4v) is 2.14. The zero-order chi connectivity index (χ0) is 13.8. The fraction of sp³-hybridized carbons (Fsp3) is 0.833. The molecule has 0 bridgehead atoms. The number of urea groups is 1. The largest absolute Gasteiger partial charge is 0.372 e. The van der Waals surface area contributed by atoms with Crippen LogP contribution in [0.4, 0.5) is 4.79 Å². The lowest BCUT2D eigenvalue weighted by atomic mass is 10.1. The third-order valence-corrected chi connectivity index (χ3v) is 2.93. The van der Waals surface area contributed by atoms with E-state index in [1.807, 2.05) is 20.8 Å². The van der Waals surface area contributed by atoms with E-state index in [9.17, 15) is 9.59 Å². The number of primary amides is 1. The minimum absolute atomic E-state index is 0.0768. The smallest absolute Gasteiger partial charge is 0.312 e. The van der Waals surface area contributed by atoms with Crippen LogP contribution in [0.3, 0.4) is 0 Å². The molecule has 3 N–H and O–H groups in total. The molecule has 18 heavy (non-hydrogen) atoms. The second-order valence-corrected chi connectivity index (χ2v) is 5.22. The number of carbonyl (C=O) groups is 2. The SMILES string of the molecule is CCC[C@H](NC(N)=O)C(=O)N1CCOC(C)(C)C1. The number of nitrogens with two attached hydrogens (primary N) is 1. The summed E-state index contributed by atoms with van der Waals surface area (Å²) in [5.74, 6) is -0.0768. The number of rotatable bonds is 4. The topological polar surface area (TPSA) is 84.7 Å². The van der Waals surface area contributed by atoms with Crippen molar-refractivity contribution in [1.82, 2.24) is 10.2 Å². The van der Waals surface area contributed by atoms with E-state index in [0.29, 0.717) is 26.1 Å². The van der Waals surface area contributed by atoms with Gasteiger partial charge in [0.15, 0.2) is 0 Å². The van der Waals surface area contributed by atoms with Crippen molar-refractivity contribution in [2.24, 2.45) is 5.73 Å². The van der Waals surface area contributed by atoms with Crippen molar-refractivity contribution in [2.45, 2.75) is 45.3 Å². The molecule has 0 aliphatic carbocycles. The Hall–Kier alpha value is -1.30. The number of hydrogen-bond donors (Lipinski definition) is 2. The predicted molar refractivity (Wildman–Crippen MR) is 68.0 cm³/mol. The number of amides is 3. The summed E-state index contributed by atoms with van der Waals surface area (Å²) in [6.45, 7) is 7.47. The Morgan fingerprint density at radius 3 is 2.67 bits per heavy atom. The monoisotopic (exact) mass is 257 g/mol. The molecule has 0 spiro atoms. The van der Waals surface area contributed by atoms with E-state index in [0.717, 1.165) is 6.42 Å². The van der Waals surface area contributed by atoms with Crippen molar-refractivity contribution in [3.63, 3.8) is 0 Å². The molecule has 1 aliphatic rings. The maximum Gasteiger partial charge on any atom is 0.312 e. The highest BCUT2D eigenvalue weighted by molar-refractivity contribution is 5.86. The standard InChI is InChI=1S/C12H23N3O3/c1-4-5-9(14-11(13)17)10(16)15-6-7-18-12(2,3)8-15/h9H,4-8H2,1-3H3,(H3,13,14,17)/t9-/m0/s1. The van der Waals surface area contributed by atoms with Crippen LogP contribution >= 0.6 is 0 Å². The molecule has 3 amide bonds. The summed E-state index contributed by atoms with van der Waals surface area (Å²) in [5.41, 5.74) is 4.76. The summed E-state index contributed by atoms with van der Waals surface area (Å²) in [6.07, 6.45) is 1.41. The minimum Gasteiger partial charge on any atom is -0.372 e. The van der Waals surface area contributed by atoms with Crippen LogP contribution in [0, 0.1) is 0 Å². The number of hydrogen-bond acceptors (Lipinski definition) is 3. The average molecular weight is 257 g/mol. The first-order valence-corrected chi connectivity index (χ1v) is 6.34. The molecule has 0 aromatic heterocycles. The van der Waals surface area contributed by atoms with Crippen LogP contribution in [0.2, 0.25) is 0 Å². The van der Waals surface area contributed by atoms with Crippen LogP contribution in [0.1, 0.15) is 33.6 Å². The van der Waals surface area contributed by atoms with Gasteiger partial charge in [-0.1, -0.05) is 13.3 Å².